The topological polar surface area (TPSA) is 16.4 Å². The summed E-state index contributed by atoms with van der Waals surface area (Å²) in [6, 6.07) is 84.8. The molecule has 10 aromatic carbocycles. The third-order valence-corrected chi connectivity index (χ3v) is 11.7. The molecule has 2 heteroatoms. The van der Waals surface area contributed by atoms with Crippen molar-refractivity contribution in [2.75, 3.05) is 4.90 Å². The van der Waals surface area contributed by atoms with E-state index in [2.05, 4.69) is 229 Å². The Balaban J connectivity index is 1.05. The fourth-order valence-electron chi connectivity index (χ4n) is 8.90. The largest absolute Gasteiger partial charge is 0.456 e. The van der Waals surface area contributed by atoms with Gasteiger partial charge in [-0.2, -0.15) is 0 Å². The summed E-state index contributed by atoms with van der Waals surface area (Å²) in [6.07, 6.45) is 0. The molecule has 0 aliphatic carbocycles. The van der Waals surface area contributed by atoms with E-state index in [4.69, 9.17) is 4.42 Å². The van der Waals surface area contributed by atoms with Gasteiger partial charge >= 0.3 is 0 Å². The van der Waals surface area contributed by atoms with Crippen molar-refractivity contribution in [3.8, 4) is 55.6 Å². The first-order valence-electron chi connectivity index (χ1n) is 20.5. The minimum atomic E-state index is 0.860. The summed E-state index contributed by atoms with van der Waals surface area (Å²) < 4.78 is 6.46. The predicted octanol–water partition coefficient (Wildman–Crippen LogP) is 16.5. The van der Waals surface area contributed by atoms with E-state index in [1.165, 1.54) is 55.3 Å². The van der Waals surface area contributed by atoms with E-state index in [-0.39, 0.29) is 0 Å². The van der Waals surface area contributed by atoms with Crippen LogP contribution >= 0.6 is 0 Å². The van der Waals surface area contributed by atoms with Crippen molar-refractivity contribution in [2.45, 2.75) is 0 Å². The standard InChI is InChI=1S/C58H39NO/c1-3-16-40(17-4-1)48-24-7-9-26-52(48)53-27-10-8-25-49(53)42-32-34-45(35-33-42)59(47-36-37-55-54-28-11-12-31-56(54)60-57(55)39-47)46-23-13-22-44(38-46)51-30-15-21-43-20-14-29-50(58(43)51)41-18-5-2-6-19-41/h1-39H. The summed E-state index contributed by atoms with van der Waals surface area (Å²) >= 11 is 0. The van der Waals surface area contributed by atoms with Crippen molar-refractivity contribution >= 4 is 49.8 Å². The van der Waals surface area contributed by atoms with Crippen LogP contribution in [0.2, 0.25) is 0 Å². The number of furan rings is 1. The Morgan fingerprint density at radius 1 is 0.267 bits per heavy atom. The number of fused-ring (bicyclic) bond motifs is 4. The third kappa shape index (κ3) is 6.32. The second-order valence-corrected chi connectivity index (χ2v) is 15.2. The van der Waals surface area contributed by atoms with Crippen LogP contribution in [-0.2, 0) is 0 Å². The van der Waals surface area contributed by atoms with Crippen LogP contribution in [0.15, 0.2) is 241 Å². The van der Waals surface area contributed by atoms with Crippen molar-refractivity contribution in [1.82, 2.24) is 0 Å². The smallest absolute Gasteiger partial charge is 0.137 e. The number of para-hydroxylation sites is 1. The Labute approximate surface area is 349 Å². The summed E-state index contributed by atoms with van der Waals surface area (Å²) in [4.78, 5) is 2.35. The number of hydrogen-bond acceptors (Lipinski definition) is 2. The van der Waals surface area contributed by atoms with Gasteiger partial charge in [-0.3, -0.25) is 0 Å². The van der Waals surface area contributed by atoms with Gasteiger partial charge in [0.2, 0.25) is 0 Å². The second kappa shape index (κ2) is 15.1. The highest BCUT2D eigenvalue weighted by molar-refractivity contribution is 6.08. The van der Waals surface area contributed by atoms with Crippen molar-refractivity contribution < 1.29 is 4.42 Å². The molecule has 0 radical (unpaired) electrons. The van der Waals surface area contributed by atoms with Crippen LogP contribution in [-0.4, -0.2) is 0 Å². The van der Waals surface area contributed by atoms with E-state index in [1.807, 2.05) is 12.1 Å². The first-order chi connectivity index (χ1) is 29.8. The average Bonchev–Trinajstić information content (AvgIpc) is 3.70. The fraction of sp³-hybridized carbons (Fsp3) is 0. The van der Waals surface area contributed by atoms with Gasteiger partial charge < -0.3 is 9.32 Å². The Morgan fingerprint density at radius 2 is 0.733 bits per heavy atom. The van der Waals surface area contributed by atoms with Crippen molar-refractivity contribution in [2.24, 2.45) is 0 Å². The van der Waals surface area contributed by atoms with Crippen LogP contribution in [0.3, 0.4) is 0 Å². The monoisotopic (exact) mass is 765 g/mol. The normalized spacial score (nSPS) is 11.3. The molecule has 2 nitrogen and oxygen atoms in total. The Hall–Kier alpha value is -7.94. The van der Waals surface area contributed by atoms with Crippen LogP contribution in [0.4, 0.5) is 17.1 Å². The quantitative estimate of drug-likeness (QED) is 0.153. The molecule has 60 heavy (non-hydrogen) atoms. The number of anilines is 3. The fourth-order valence-corrected chi connectivity index (χ4v) is 8.90. The van der Waals surface area contributed by atoms with Crippen LogP contribution < -0.4 is 4.90 Å². The molecule has 1 heterocycles. The van der Waals surface area contributed by atoms with Crippen LogP contribution in [0.1, 0.15) is 0 Å². The number of benzene rings is 10. The number of hydrogen-bond donors (Lipinski definition) is 0. The maximum Gasteiger partial charge on any atom is 0.137 e. The molecule has 11 aromatic rings. The second-order valence-electron chi connectivity index (χ2n) is 15.2. The first kappa shape index (κ1) is 35.2. The molecule has 0 amide bonds. The predicted molar refractivity (Wildman–Crippen MR) is 253 cm³/mol. The van der Waals surface area contributed by atoms with Crippen LogP contribution in [0, 0.1) is 0 Å². The molecule has 0 aliphatic rings. The molecule has 11 rings (SSSR count). The van der Waals surface area contributed by atoms with Gasteiger partial charge in [0.15, 0.2) is 0 Å². The minimum Gasteiger partial charge on any atom is -0.456 e. The van der Waals surface area contributed by atoms with Gasteiger partial charge in [-0.05, 0) is 109 Å². The lowest BCUT2D eigenvalue weighted by Crippen LogP contribution is -2.10. The zero-order valence-corrected chi connectivity index (χ0v) is 32.9. The van der Waals surface area contributed by atoms with E-state index in [1.54, 1.807) is 0 Å². The maximum absolute atomic E-state index is 6.46. The lowest BCUT2D eigenvalue weighted by molar-refractivity contribution is 0.669. The van der Waals surface area contributed by atoms with Gasteiger partial charge in [0.1, 0.15) is 11.2 Å². The lowest BCUT2D eigenvalue weighted by Gasteiger charge is -2.26. The van der Waals surface area contributed by atoms with Gasteiger partial charge in [0, 0.05) is 33.9 Å². The molecule has 0 spiro atoms. The Bertz CT molecular complexity index is 3300. The van der Waals surface area contributed by atoms with E-state index in [9.17, 15) is 0 Å². The molecule has 0 N–H and O–H groups in total. The highest BCUT2D eigenvalue weighted by atomic mass is 16.3. The Morgan fingerprint density at radius 3 is 1.42 bits per heavy atom. The molecule has 0 saturated carbocycles. The molecule has 0 bridgehead atoms. The van der Waals surface area contributed by atoms with E-state index < -0.39 is 0 Å². The van der Waals surface area contributed by atoms with Gasteiger partial charge in [0.05, 0.1) is 0 Å². The summed E-state index contributed by atoms with van der Waals surface area (Å²) in [7, 11) is 0. The minimum absolute atomic E-state index is 0.860. The Kier molecular flexibility index (Phi) is 8.87. The molecular weight excluding hydrogens is 727 g/mol. The average molecular weight is 766 g/mol. The van der Waals surface area contributed by atoms with Crippen LogP contribution in [0.25, 0.3) is 88.3 Å². The molecule has 0 aliphatic heterocycles. The van der Waals surface area contributed by atoms with E-state index >= 15 is 0 Å². The molecule has 1 aromatic heterocycles. The van der Waals surface area contributed by atoms with Gasteiger partial charge in [-0.25, -0.2) is 0 Å². The van der Waals surface area contributed by atoms with E-state index in [0.29, 0.717) is 0 Å². The van der Waals surface area contributed by atoms with Crippen LogP contribution in [0.5, 0.6) is 0 Å². The summed E-state index contributed by atoms with van der Waals surface area (Å²) in [6.45, 7) is 0. The zero-order valence-electron chi connectivity index (χ0n) is 32.9. The van der Waals surface area contributed by atoms with Gasteiger partial charge in [-0.15, -0.1) is 0 Å². The van der Waals surface area contributed by atoms with Crippen molar-refractivity contribution in [1.29, 1.82) is 0 Å². The van der Waals surface area contributed by atoms with Crippen molar-refractivity contribution in [3.05, 3.63) is 237 Å². The van der Waals surface area contributed by atoms with E-state index in [0.717, 1.165) is 50.1 Å². The highest BCUT2D eigenvalue weighted by Gasteiger charge is 2.19. The summed E-state index contributed by atoms with van der Waals surface area (Å²) in [5.41, 5.74) is 16.8. The highest BCUT2D eigenvalue weighted by Crippen LogP contribution is 2.44. The molecule has 0 saturated heterocycles. The molecule has 0 atom stereocenters. The third-order valence-electron chi connectivity index (χ3n) is 11.7. The molecular formula is C58H39NO. The number of nitrogens with zero attached hydrogens (tertiary/aromatic N) is 1. The zero-order chi connectivity index (χ0) is 39.8. The molecule has 0 fully saturated rings. The van der Waals surface area contributed by atoms with Crippen molar-refractivity contribution in [3.63, 3.8) is 0 Å². The van der Waals surface area contributed by atoms with Gasteiger partial charge in [-0.1, -0.05) is 188 Å². The first-order valence-corrected chi connectivity index (χ1v) is 20.5. The summed E-state index contributed by atoms with van der Waals surface area (Å²) in [5.74, 6) is 0. The lowest BCUT2D eigenvalue weighted by atomic mass is 9.89. The van der Waals surface area contributed by atoms with Gasteiger partial charge in [0.25, 0.3) is 0 Å². The summed E-state index contributed by atoms with van der Waals surface area (Å²) in [5, 5.41) is 4.69. The SMILES string of the molecule is c1ccc(-c2ccccc2-c2ccccc2-c2ccc(N(c3cccc(-c4cccc5cccc(-c6ccccc6)c45)c3)c3ccc4c(c3)oc3ccccc34)cc2)cc1. The molecule has 0 unspecified atom stereocenters. The number of rotatable bonds is 8. The molecule has 282 valence electrons. The maximum atomic E-state index is 6.46.